The number of hydrogen-bond donors (Lipinski definition) is 2. The highest BCUT2D eigenvalue weighted by atomic mass is 28.4. The molecule has 0 unspecified atom stereocenters. The Hall–Kier alpha value is -1.07. The monoisotopic (exact) mass is 267 g/mol. The maximum Gasteiger partial charge on any atom is 0.191 e. The fraction of sp³-hybridized carbons (Fsp3) is 0.615. The van der Waals surface area contributed by atoms with Gasteiger partial charge in [-0.05, 0) is 36.2 Å². The summed E-state index contributed by atoms with van der Waals surface area (Å²) in [5.41, 5.74) is 13.1. The van der Waals surface area contributed by atoms with Crippen molar-refractivity contribution in [2.45, 2.75) is 45.3 Å². The van der Waals surface area contributed by atoms with Crippen LogP contribution >= 0.6 is 0 Å². The first kappa shape index (κ1) is 15.0. The van der Waals surface area contributed by atoms with E-state index >= 15 is 0 Å². The average molecular weight is 267 g/mol. The Morgan fingerprint density at radius 2 is 1.89 bits per heavy atom. The third-order valence-electron chi connectivity index (χ3n) is 3.66. The molecule has 1 aromatic heterocycles. The maximum absolute atomic E-state index is 6.11. The van der Waals surface area contributed by atoms with E-state index in [9.17, 15) is 0 Å². The first-order valence-electron chi connectivity index (χ1n) is 6.27. The second kappa shape index (κ2) is 5.28. The fourth-order valence-corrected chi connectivity index (χ4v) is 2.42. The molecule has 0 saturated carbocycles. The minimum absolute atomic E-state index is 0.229. The molecule has 102 valence electrons. The molecule has 0 atom stereocenters. The number of nitrogens with zero attached hydrogens (tertiary/aromatic N) is 1. The molecule has 5 heteroatoms. The van der Waals surface area contributed by atoms with Crippen molar-refractivity contribution in [1.82, 2.24) is 4.98 Å². The summed E-state index contributed by atoms with van der Waals surface area (Å²) in [7, 11) is -1.68. The molecule has 0 saturated heterocycles. The smallest absolute Gasteiger partial charge is 0.191 e. The number of hydrogen-bond acceptors (Lipinski definition) is 4. The van der Waals surface area contributed by atoms with Gasteiger partial charge in [0.15, 0.2) is 8.32 Å². The lowest BCUT2D eigenvalue weighted by Gasteiger charge is -2.36. The van der Waals surface area contributed by atoms with Crippen molar-refractivity contribution in [3.8, 4) is 0 Å². The predicted octanol–water partition coefficient (Wildman–Crippen LogP) is 2.81. The zero-order chi connectivity index (χ0) is 14.0. The summed E-state index contributed by atoms with van der Waals surface area (Å²) in [6, 6.07) is 1.87. The molecule has 0 radical (unpaired) electrons. The molecular weight excluding hydrogens is 242 g/mol. The molecule has 4 nitrogen and oxygen atoms in total. The molecule has 1 rings (SSSR count). The van der Waals surface area contributed by atoms with Gasteiger partial charge in [-0.25, -0.2) is 4.98 Å². The molecule has 0 aromatic carbocycles. The van der Waals surface area contributed by atoms with Crippen molar-refractivity contribution in [1.29, 1.82) is 0 Å². The van der Waals surface area contributed by atoms with Crippen molar-refractivity contribution in [2.24, 2.45) is 0 Å². The van der Waals surface area contributed by atoms with E-state index in [1.165, 1.54) is 0 Å². The zero-order valence-electron chi connectivity index (χ0n) is 12.1. The van der Waals surface area contributed by atoms with Crippen LogP contribution in [0.3, 0.4) is 0 Å². The first-order valence-corrected chi connectivity index (χ1v) is 9.18. The SMILES string of the molecule is CC(C)(C)[Si](C)(C)OCCc1cc(N)cnc1N. The van der Waals surface area contributed by atoms with Gasteiger partial charge in [0.05, 0.1) is 11.9 Å². The molecule has 0 aliphatic carbocycles. The zero-order valence-corrected chi connectivity index (χ0v) is 13.1. The van der Waals surface area contributed by atoms with Crippen LogP contribution in [-0.4, -0.2) is 19.9 Å². The van der Waals surface area contributed by atoms with Gasteiger partial charge < -0.3 is 15.9 Å². The van der Waals surface area contributed by atoms with E-state index in [4.69, 9.17) is 15.9 Å². The highest BCUT2D eigenvalue weighted by molar-refractivity contribution is 6.74. The second-order valence-corrected chi connectivity index (χ2v) is 11.0. The highest BCUT2D eigenvalue weighted by Crippen LogP contribution is 2.36. The number of nitrogens with two attached hydrogens (primary N) is 2. The number of rotatable bonds is 4. The summed E-state index contributed by atoms with van der Waals surface area (Å²) in [6.45, 7) is 11.9. The molecule has 0 aliphatic heterocycles. The molecule has 4 N–H and O–H groups in total. The van der Waals surface area contributed by atoms with E-state index in [-0.39, 0.29) is 5.04 Å². The molecule has 0 bridgehead atoms. The van der Waals surface area contributed by atoms with Crippen LogP contribution < -0.4 is 11.5 Å². The maximum atomic E-state index is 6.11. The number of aromatic nitrogens is 1. The first-order chi connectivity index (χ1) is 8.13. The minimum atomic E-state index is -1.68. The van der Waals surface area contributed by atoms with Gasteiger partial charge in [0.1, 0.15) is 5.82 Å². The van der Waals surface area contributed by atoms with Gasteiger partial charge in [0.2, 0.25) is 0 Å². The van der Waals surface area contributed by atoms with Crippen LogP contribution in [0.25, 0.3) is 0 Å². The number of anilines is 2. The van der Waals surface area contributed by atoms with Crippen LogP contribution in [0.1, 0.15) is 26.3 Å². The molecular formula is C13H25N3OSi. The third kappa shape index (κ3) is 3.71. The van der Waals surface area contributed by atoms with Crippen LogP contribution in [0, 0.1) is 0 Å². The van der Waals surface area contributed by atoms with Crippen LogP contribution in [0.2, 0.25) is 18.1 Å². The van der Waals surface area contributed by atoms with Crippen LogP contribution in [0.15, 0.2) is 12.3 Å². The van der Waals surface area contributed by atoms with Crippen molar-refractivity contribution in [3.63, 3.8) is 0 Å². The molecule has 1 aromatic rings. The van der Waals surface area contributed by atoms with E-state index in [1.807, 2.05) is 6.07 Å². The van der Waals surface area contributed by atoms with Crippen LogP contribution in [0.4, 0.5) is 11.5 Å². The quantitative estimate of drug-likeness (QED) is 0.823. The molecule has 0 spiro atoms. The van der Waals surface area contributed by atoms with E-state index in [0.29, 0.717) is 18.1 Å². The normalized spacial score (nSPS) is 12.7. The van der Waals surface area contributed by atoms with Gasteiger partial charge in [0.25, 0.3) is 0 Å². The largest absolute Gasteiger partial charge is 0.416 e. The number of pyridine rings is 1. The Bertz CT molecular complexity index is 413. The molecule has 18 heavy (non-hydrogen) atoms. The average Bonchev–Trinajstić information content (AvgIpc) is 2.21. The van der Waals surface area contributed by atoms with E-state index in [1.54, 1.807) is 6.20 Å². The van der Waals surface area contributed by atoms with Crippen LogP contribution in [0.5, 0.6) is 0 Å². The van der Waals surface area contributed by atoms with Gasteiger partial charge in [-0.1, -0.05) is 20.8 Å². The van der Waals surface area contributed by atoms with Crippen molar-refractivity contribution in [2.75, 3.05) is 18.1 Å². The Labute approximate surface area is 111 Å². The fourth-order valence-electron chi connectivity index (χ4n) is 1.37. The second-order valence-electron chi connectivity index (χ2n) is 6.17. The summed E-state index contributed by atoms with van der Waals surface area (Å²) in [5.74, 6) is 0.544. The highest BCUT2D eigenvalue weighted by Gasteiger charge is 2.36. The summed E-state index contributed by atoms with van der Waals surface area (Å²) in [6.07, 6.45) is 2.34. The Kier molecular flexibility index (Phi) is 4.40. The van der Waals surface area contributed by atoms with Crippen molar-refractivity contribution in [3.05, 3.63) is 17.8 Å². The Morgan fingerprint density at radius 1 is 1.28 bits per heavy atom. The van der Waals surface area contributed by atoms with Crippen molar-refractivity contribution < 1.29 is 4.43 Å². The van der Waals surface area contributed by atoms with Gasteiger partial charge in [-0.3, -0.25) is 0 Å². The number of nitrogen functional groups attached to an aromatic ring is 2. The lowest BCUT2D eigenvalue weighted by atomic mass is 10.2. The van der Waals surface area contributed by atoms with Crippen LogP contribution in [-0.2, 0) is 10.8 Å². The summed E-state index contributed by atoms with van der Waals surface area (Å²) in [4.78, 5) is 4.05. The Balaban J connectivity index is 2.59. The standard InChI is InChI=1S/C13H25N3OSi/c1-13(2,3)18(4,5)17-7-6-10-8-11(14)9-16-12(10)15/h8-9H,6-7,14H2,1-5H3,(H2,15,16). The third-order valence-corrected chi connectivity index (χ3v) is 8.20. The van der Waals surface area contributed by atoms with Gasteiger partial charge in [-0.15, -0.1) is 0 Å². The lowest BCUT2D eigenvalue weighted by molar-refractivity contribution is 0.292. The topological polar surface area (TPSA) is 74.2 Å². The molecule has 0 fully saturated rings. The Morgan fingerprint density at radius 3 is 2.44 bits per heavy atom. The van der Waals surface area contributed by atoms with E-state index < -0.39 is 8.32 Å². The predicted molar refractivity (Wildman–Crippen MR) is 79.9 cm³/mol. The lowest BCUT2D eigenvalue weighted by Crippen LogP contribution is -2.41. The van der Waals surface area contributed by atoms with Crippen molar-refractivity contribution >= 4 is 19.8 Å². The summed E-state index contributed by atoms with van der Waals surface area (Å²) >= 11 is 0. The van der Waals surface area contributed by atoms with Gasteiger partial charge >= 0.3 is 0 Å². The van der Waals surface area contributed by atoms with E-state index in [2.05, 4.69) is 38.8 Å². The molecule has 0 aliphatic rings. The van der Waals surface area contributed by atoms with Gasteiger partial charge in [0, 0.05) is 6.61 Å². The minimum Gasteiger partial charge on any atom is -0.416 e. The van der Waals surface area contributed by atoms with Gasteiger partial charge in [-0.2, -0.15) is 0 Å². The summed E-state index contributed by atoms with van der Waals surface area (Å²) < 4.78 is 6.11. The molecule has 1 heterocycles. The summed E-state index contributed by atoms with van der Waals surface area (Å²) in [5, 5.41) is 0.229. The molecule has 0 amide bonds. The van der Waals surface area contributed by atoms with E-state index in [0.717, 1.165) is 12.0 Å².